The third-order valence-corrected chi connectivity index (χ3v) is 18.7. The molecule has 1 aliphatic heterocycles. The van der Waals surface area contributed by atoms with E-state index in [0.717, 1.165) is 17.2 Å². The van der Waals surface area contributed by atoms with Crippen molar-refractivity contribution in [1.82, 2.24) is 58.8 Å². The molecule has 0 bridgehead atoms. The van der Waals surface area contributed by atoms with Gasteiger partial charge in [0, 0.05) is 117 Å². The Morgan fingerprint density at radius 1 is 0.733 bits per heavy atom. The fourth-order valence-corrected chi connectivity index (χ4v) is 14.1. The molecule has 2 atom stereocenters. The molecular weight excluding hydrogens is 1200 g/mol. The highest BCUT2D eigenvalue weighted by molar-refractivity contribution is 9.10. The van der Waals surface area contributed by atoms with Crippen molar-refractivity contribution < 1.29 is 50.3 Å². The van der Waals surface area contributed by atoms with Gasteiger partial charge in [0.05, 0.1) is 42.6 Å². The van der Waals surface area contributed by atoms with Gasteiger partial charge in [-0.15, -0.1) is 0 Å². The maximum atomic E-state index is 14.5. The van der Waals surface area contributed by atoms with Gasteiger partial charge in [0.25, 0.3) is 11.8 Å². The van der Waals surface area contributed by atoms with E-state index >= 15 is 0 Å². The number of halogens is 2. The number of benzene rings is 2. The Bertz CT molecular complexity index is 3770. The van der Waals surface area contributed by atoms with Crippen LogP contribution < -0.4 is 9.44 Å². The lowest BCUT2D eigenvalue weighted by Gasteiger charge is -2.23. The van der Waals surface area contributed by atoms with Gasteiger partial charge in [0.15, 0.2) is 17.2 Å². The first kappa shape index (κ1) is 58.1. The summed E-state index contributed by atoms with van der Waals surface area (Å²) in [5.74, 6) is -2.83. The Labute approximate surface area is 456 Å². The highest BCUT2D eigenvalue weighted by Crippen LogP contribution is 2.29. The van der Waals surface area contributed by atoms with Crippen molar-refractivity contribution in [1.29, 1.82) is 0 Å². The SMILES string of the molecule is Cc1ncc(-c2ccc3c(c2)c(C(=O)NS(C)(=O)=O)nn3CC(=O)N2C[C@H](F)C[C@H]2C(=O)Cc2cccc(Br)n2)cn1.Cc1ncc(-c2ccc3c(c2)c(C(=O)NS(C)(=O)=O)nn3CC(=O)O)cn1.S=S=S=S=S=S. The van der Waals surface area contributed by atoms with Gasteiger partial charge < -0.3 is 10.0 Å². The predicted octanol–water partition coefficient (Wildman–Crippen LogP) is 2.96. The molecule has 3 N–H and O–H groups in total. The van der Waals surface area contributed by atoms with Crippen molar-refractivity contribution in [2.24, 2.45) is 0 Å². The fraction of sp³-hybridized carbons (Fsp3) is 0.256. The molecule has 0 aliphatic carbocycles. The second-order valence-corrected chi connectivity index (χ2v) is 27.5. The normalized spacial score (nSPS) is 14.1. The summed E-state index contributed by atoms with van der Waals surface area (Å²) in [6, 6.07) is 14.1. The zero-order chi connectivity index (χ0) is 54.8. The molecule has 0 spiro atoms. The molecule has 5 aromatic heterocycles. The molecule has 2 aromatic carbocycles. The summed E-state index contributed by atoms with van der Waals surface area (Å²) in [4.78, 5) is 84.9. The average molecular weight is 1240 g/mol. The van der Waals surface area contributed by atoms with E-state index in [4.69, 9.17) is 5.11 Å². The zero-order valence-electron chi connectivity index (χ0n) is 39.3. The van der Waals surface area contributed by atoms with Crippen LogP contribution in [0.1, 0.15) is 44.7 Å². The Morgan fingerprint density at radius 3 is 1.63 bits per heavy atom. The number of carbonyl (C=O) groups excluding carboxylic acids is 4. The number of amides is 3. The minimum atomic E-state index is -3.92. The van der Waals surface area contributed by atoms with Gasteiger partial charge in [-0.1, -0.05) is 18.2 Å². The van der Waals surface area contributed by atoms with Crippen LogP contribution in [0.5, 0.6) is 0 Å². The molecule has 0 radical (unpaired) electrons. The lowest BCUT2D eigenvalue weighted by atomic mass is 10.0. The third-order valence-electron chi connectivity index (χ3n) is 10.4. The van der Waals surface area contributed by atoms with Crippen molar-refractivity contribution in [3.8, 4) is 22.3 Å². The van der Waals surface area contributed by atoms with E-state index in [1.807, 2.05) is 9.44 Å². The summed E-state index contributed by atoms with van der Waals surface area (Å²) >= 11 is 12.3. The number of likely N-dealkylation sites (tertiary alicyclic amines) is 1. The molecule has 0 unspecified atom stereocenters. The minimum absolute atomic E-state index is 0.0768. The second-order valence-electron chi connectivity index (χ2n) is 16.1. The summed E-state index contributed by atoms with van der Waals surface area (Å²) in [7, 11) is -2.09. The van der Waals surface area contributed by atoms with Gasteiger partial charge in [-0.25, -0.2) is 55.6 Å². The standard InChI is InChI=1S/C27H25BrFN7O5S.C16H15N5O5S.S6/c1-15-30-11-17(12-31-15)16-6-7-21-20(8-16)26(27(39)34-42(2,40)41)33-36(21)14-25(38)35-13-18(29)9-22(35)23(37)10-19-4-3-5-24(28)32-19;1-9-17-6-11(7-18-9)10-3-4-13-12(5-10)15(16(24)20-27(2,25)26)19-21(13)8-14(22)23;1-3-5-6-4-2/h3-8,11-12,18,22H,9-10,13-14H2,1-2H3,(H,34,39);3-7H,8H2,1-2H3,(H,20,24)(H,22,23);/t18-,22+;;/m1../s1. The number of carboxylic acid groups (broad SMARTS) is 1. The van der Waals surface area contributed by atoms with Crippen LogP contribution in [-0.2, 0) is 112 Å². The summed E-state index contributed by atoms with van der Waals surface area (Å²) in [5.41, 5.74) is 3.44. The number of hydrogen-bond acceptors (Lipinski definition) is 18. The van der Waals surface area contributed by atoms with Crippen molar-refractivity contribution in [3.05, 3.63) is 113 Å². The largest absolute Gasteiger partial charge is 0.480 e. The number of carbonyl (C=O) groups is 5. The van der Waals surface area contributed by atoms with E-state index in [1.165, 1.54) is 45.1 Å². The van der Waals surface area contributed by atoms with Crippen LogP contribution in [0.15, 0.2) is 84.0 Å². The van der Waals surface area contributed by atoms with E-state index in [2.05, 4.69) is 73.4 Å². The quantitative estimate of drug-likeness (QED) is 0.140. The van der Waals surface area contributed by atoms with E-state index in [0.29, 0.717) is 60.6 Å². The maximum Gasteiger partial charge on any atom is 0.325 e. The molecule has 8 rings (SSSR count). The van der Waals surface area contributed by atoms with Crippen molar-refractivity contribution >= 4 is 145 Å². The predicted molar refractivity (Wildman–Crippen MR) is 293 cm³/mol. The molecule has 3 amide bonds. The fourth-order valence-electron chi connectivity index (χ4n) is 7.39. The number of carboxylic acids is 1. The lowest BCUT2D eigenvalue weighted by Crippen LogP contribution is -2.43. The Balaban J connectivity index is 0.000000237. The van der Waals surface area contributed by atoms with Crippen LogP contribution in [0.3, 0.4) is 0 Å². The first-order valence-electron chi connectivity index (χ1n) is 21.3. The van der Waals surface area contributed by atoms with E-state index in [9.17, 15) is 45.2 Å². The third kappa shape index (κ3) is 16.2. The molecule has 7 aromatic rings. The van der Waals surface area contributed by atoms with Gasteiger partial charge in [-0.3, -0.25) is 33.3 Å². The molecule has 75 heavy (non-hydrogen) atoms. The number of aromatic nitrogens is 9. The molecule has 394 valence electrons. The van der Waals surface area contributed by atoms with Gasteiger partial charge in [0.1, 0.15) is 35.5 Å². The summed E-state index contributed by atoms with van der Waals surface area (Å²) in [6.07, 6.45) is 6.52. The van der Waals surface area contributed by atoms with Crippen LogP contribution in [0.2, 0.25) is 0 Å². The number of rotatable bonds is 13. The number of ketones is 1. The molecule has 1 aliphatic rings. The number of pyridine rings is 1. The smallest absolute Gasteiger partial charge is 0.325 e. The molecular formula is C43H40BrFN12O10S8. The van der Waals surface area contributed by atoms with Crippen molar-refractivity contribution in [2.45, 2.75) is 52.0 Å². The summed E-state index contributed by atoms with van der Waals surface area (Å²) in [6.45, 7) is 2.33. The number of sulfonamides is 2. The minimum Gasteiger partial charge on any atom is -0.480 e. The molecule has 32 heteroatoms. The van der Waals surface area contributed by atoms with Gasteiger partial charge in [-0.2, -0.15) is 10.2 Å². The van der Waals surface area contributed by atoms with Crippen LogP contribution in [0.25, 0.3) is 44.1 Å². The number of alkyl halides is 1. The molecule has 1 saturated heterocycles. The maximum absolute atomic E-state index is 14.5. The van der Waals surface area contributed by atoms with Crippen LogP contribution >= 0.6 is 15.9 Å². The van der Waals surface area contributed by atoms with Gasteiger partial charge in [0.2, 0.25) is 26.0 Å². The lowest BCUT2D eigenvalue weighted by molar-refractivity contribution is -0.138. The molecule has 0 saturated carbocycles. The highest BCUT2D eigenvalue weighted by Gasteiger charge is 2.40. The van der Waals surface area contributed by atoms with E-state index in [-0.39, 0.29) is 41.9 Å². The van der Waals surface area contributed by atoms with E-state index in [1.54, 1.807) is 93.2 Å². The molecule has 22 nitrogen and oxygen atoms in total. The number of hydrogen-bond donors (Lipinski definition) is 3. The van der Waals surface area contributed by atoms with Crippen LogP contribution in [0, 0.1) is 13.8 Å². The van der Waals surface area contributed by atoms with Crippen LogP contribution in [0.4, 0.5) is 4.39 Å². The Morgan fingerprint density at radius 2 is 1.20 bits per heavy atom. The number of nitrogens with zero attached hydrogens (tertiary/aromatic N) is 10. The number of Topliss-reactive ketones (excluding diaryl/α,β-unsaturated/α-hetero) is 1. The first-order valence-corrected chi connectivity index (χ1v) is 32.5. The Kier molecular flexibility index (Phi) is 19.8. The highest BCUT2D eigenvalue weighted by atomic mass is 79.9. The van der Waals surface area contributed by atoms with Crippen LogP contribution in [-0.4, -0.2) is 132 Å². The Hall–Kier alpha value is -6.13. The van der Waals surface area contributed by atoms with Gasteiger partial charge >= 0.3 is 5.97 Å². The molecule has 6 heterocycles. The van der Waals surface area contributed by atoms with Crippen molar-refractivity contribution in [2.75, 3.05) is 19.1 Å². The number of nitrogens with one attached hydrogen (secondary N) is 2. The zero-order valence-corrected chi connectivity index (χ0v) is 47.4. The monoisotopic (exact) mass is 1240 g/mol. The summed E-state index contributed by atoms with van der Waals surface area (Å²) in [5, 5.41) is 17.9. The van der Waals surface area contributed by atoms with Crippen molar-refractivity contribution in [3.63, 3.8) is 0 Å². The number of aliphatic carboxylic acids is 1. The molecule has 1 fully saturated rings. The number of fused-ring (bicyclic) bond motifs is 2. The number of aryl methyl sites for hydroxylation is 2. The first-order chi connectivity index (χ1) is 35.4. The van der Waals surface area contributed by atoms with Gasteiger partial charge in [-0.05, 0) is 77.3 Å². The second kappa shape index (κ2) is 25.6. The van der Waals surface area contributed by atoms with E-state index < -0.39 is 69.0 Å². The summed E-state index contributed by atoms with van der Waals surface area (Å²) < 4.78 is 67.5. The topological polar surface area (TPSA) is 301 Å². The average Bonchev–Trinajstić information content (AvgIpc) is 4.03.